The average molecular weight is 471 g/mol. The van der Waals surface area contributed by atoms with E-state index in [1.807, 2.05) is 30.3 Å². The van der Waals surface area contributed by atoms with Gasteiger partial charge >= 0.3 is 5.97 Å². The summed E-state index contributed by atoms with van der Waals surface area (Å²) in [7, 11) is -0.726. The summed E-state index contributed by atoms with van der Waals surface area (Å²) < 4.78 is 31.5. The number of ether oxygens (including phenoxy) is 1. The Hall–Kier alpha value is -3.01. The molecule has 1 amide bonds. The van der Waals surface area contributed by atoms with Crippen LogP contribution >= 0.6 is 11.3 Å². The SMILES string of the molecule is COC(=O)c1sc(-c2ccccc2)cc1NC(=O)c1ccc(S(=O)(=O)N(C)C2CC2)cc1. The van der Waals surface area contributed by atoms with Crippen molar-refractivity contribution in [3.63, 3.8) is 0 Å². The van der Waals surface area contributed by atoms with E-state index >= 15 is 0 Å². The lowest BCUT2D eigenvalue weighted by atomic mass is 10.2. The first-order valence-corrected chi connectivity index (χ1v) is 12.2. The highest BCUT2D eigenvalue weighted by Gasteiger charge is 2.35. The number of thiophene rings is 1. The molecule has 0 atom stereocenters. The molecule has 2 aromatic carbocycles. The van der Waals surface area contributed by atoms with Crippen LogP contribution in [0.25, 0.3) is 10.4 Å². The van der Waals surface area contributed by atoms with Crippen LogP contribution in [0.3, 0.4) is 0 Å². The van der Waals surface area contributed by atoms with Gasteiger partial charge in [0.05, 0.1) is 17.7 Å². The summed E-state index contributed by atoms with van der Waals surface area (Å²) in [5.74, 6) is -0.996. The van der Waals surface area contributed by atoms with Crippen molar-refractivity contribution >= 4 is 38.9 Å². The molecular weight excluding hydrogens is 448 g/mol. The molecule has 32 heavy (non-hydrogen) atoms. The summed E-state index contributed by atoms with van der Waals surface area (Å²) in [5, 5.41) is 2.75. The van der Waals surface area contributed by atoms with Gasteiger partial charge in [-0.1, -0.05) is 30.3 Å². The summed E-state index contributed by atoms with van der Waals surface area (Å²) >= 11 is 1.23. The molecule has 0 unspecified atom stereocenters. The van der Waals surface area contributed by atoms with Crippen LogP contribution in [0, 0.1) is 0 Å². The summed E-state index contributed by atoms with van der Waals surface area (Å²) in [6.45, 7) is 0. The Morgan fingerprint density at radius 3 is 2.31 bits per heavy atom. The van der Waals surface area contributed by atoms with Crippen LogP contribution in [0.5, 0.6) is 0 Å². The second-order valence-electron chi connectivity index (χ2n) is 7.44. The molecule has 3 aromatic rings. The van der Waals surface area contributed by atoms with Crippen molar-refractivity contribution in [1.82, 2.24) is 4.31 Å². The predicted molar refractivity (Wildman–Crippen MR) is 123 cm³/mol. The number of sulfonamides is 1. The summed E-state index contributed by atoms with van der Waals surface area (Å²) in [6.07, 6.45) is 1.73. The molecule has 0 aliphatic heterocycles. The third-order valence-electron chi connectivity index (χ3n) is 5.26. The van der Waals surface area contributed by atoms with Gasteiger partial charge in [0.2, 0.25) is 10.0 Å². The van der Waals surface area contributed by atoms with Crippen molar-refractivity contribution in [3.8, 4) is 10.4 Å². The lowest BCUT2D eigenvalue weighted by Gasteiger charge is -2.16. The van der Waals surface area contributed by atoms with Gasteiger partial charge in [0, 0.05) is 23.5 Å². The highest BCUT2D eigenvalue weighted by molar-refractivity contribution is 7.89. The number of nitrogens with zero attached hydrogens (tertiary/aromatic N) is 1. The largest absolute Gasteiger partial charge is 0.465 e. The fourth-order valence-electron chi connectivity index (χ4n) is 3.25. The monoisotopic (exact) mass is 470 g/mol. The Morgan fingerprint density at radius 2 is 1.72 bits per heavy atom. The molecule has 9 heteroatoms. The number of anilines is 1. The first kappa shape index (κ1) is 22.2. The van der Waals surface area contributed by atoms with Gasteiger partial charge in [-0.3, -0.25) is 4.79 Å². The minimum absolute atomic E-state index is 0.0529. The van der Waals surface area contributed by atoms with Crippen LogP contribution in [0.1, 0.15) is 32.9 Å². The fraction of sp³-hybridized carbons (Fsp3) is 0.217. The van der Waals surface area contributed by atoms with Crippen molar-refractivity contribution in [2.75, 3.05) is 19.5 Å². The minimum Gasteiger partial charge on any atom is -0.465 e. The molecule has 0 saturated heterocycles. The number of nitrogens with one attached hydrogen (secondary N) is 1. The van der Waals surface area contributed by atoms with Gasteiger partial charge in [-0.25, -0.2) is 13.2 Å². The van der Waals surface area contributed by atoms with E-state index in [2.05, 4.69) is 5.32 Å². The smallest absolute Gasteiger partial charge is 0.350 e. The van der Waals surface area contributed by atoms with E-state index in [9.17, 15) is 18.0 Å². The number of carbonyl (C=O) groups is 2. The molecule has 1 saturated carbocycles. The standard InChI is InChI=1S/C23H22N2O5S2/c1-25(17-10-11-17)32(28,29)18-12-8-16(9-13-18)22(26)24-19-14-20(15-6-4-3-5-7-15)31-21(19)23(27)30-2/h3-9,12-14,17H,10-11H2,1-2H3,(H,24,26). The third kappa shape index (κ3) is 4.45. The predicted octanol–water partition coefficient (Wildman–Crippen LogP) is 4.24. The van der Waals surface area contributed by atoms with Crippen molar-refractivity contribution < 1.29 is 22.7 Å². The van der Waals surface area contributed by atoms with Gasteiger partial charge in [-0.2, -0.15) is 4.31 Å². The van der Waals surface area contributed by atoms with E-state index in [1.54, 1.807) is 13.1 Å². The van der Waals surface area contributed by atoms with Crippen LogP contribution in [0.15, 0.2) is 65.6 Å². The first-order chi connectivity index (χ1) is 15.3. The van der Waals surface area contributed by atoms with Gasteiger partial charge in [0.1, 0.15) is 4.88 Å². The molecule has 1 fully saturated rings. The van der Waals surface area contributed by atoms with Crippen molar-refractivity contribution in [1.29, 1.82) is 0 Å². The molecule has 1 heterocycles. The number of hydrogen-bond donors (Lipinski definition) is 1. The summed E-state index contributed by atoms with van der Waals surface area (Å²) in [5.41, 5.74) is 1.54. The Morgan fingerprint density at radius 1 is 1.06 bits per heavy atom. The molecular formula is C23H22N2O5S2. The van der Waals surface area contributed by atoms with Gasteiger partial charge in [-0.15, -0.1) is 11.3 Å². The topological polar surface area (TPSA) is 92.8 Å². The Kier molecular flexibility index (Phi) is 6.14. The molecule has 1 aliphatic carbocycles. The Balaban J connectivity index is 1.57. The zero-order valence-corrected chi connectivity index (χ0v) is 19.2. The second kappa shape index (κ2) is 8.85. The van der Waals surface area contributed by atoms with Crippen LogP contribution < -0.4 is 5.32 Å². The number of benzene rings is 2. The maximum Gasteiger partial charge on any atom is 0.350 e. The first-order valence-electron chi connectivity index (χ1n) is 9.98. The number of methoxy groups -OCH3 is 1. The van der Waals surface area contributed by atoms with Crippen LogP contribution in [0.4, 0.5) is 5.69 Å². The van der Waals surface area contributed by atoms with Gasteiger partial charge in [0.15, 0.2) is 0 Å². The number of esters is 1. The molecule has 4 rings (SSSR count). The second-order valence-corrected chi connectivity index (χ2v) is 10.5. The lowest BCUT2D eigenvalue weighted by molar-refractivity contribution is 0.0607. The number of carbonyl (C=O) groups excluding carboxylic acids is 2. The minimum atomic E-state index is -3.58. The van der Waals surface area contributed by atoms with E-state index in [0.29, 0.717) is 5.69 Å². The maximum atomic E-state index is 12.8. The zero-order chi connectivity index (χ0) is 22.9. The highest BCUT2D eigenvalue weighted by Crippen LogP contribution is 2.35. The summed E-state index contributed by atoms with van der Waals surface area (Å²) in [4.78, 5) is 26.3. The van der Waals surface area contributed by atoms with Crippen LogP contribution in [-0.4, -0.2) is 44.8 Å². The van der Waals surface area contributed by atoms with Crippen molar-refractivity contribution in [2.45, 2.75) is 23.8 Å². The van der Waals surface area contributed by atoms with Crippen LogP contribution in [-0.2, 0) is 14.8 Å². The number of rotatable bonds is 7. The van der Waals surface area contributed by atoms with Gasteiger partial charge in [-0.05, 0) is 48.7 Å². The number of hydrogen-bond acceptors (Lipinski definition) is 6. The van der Waals surface area contributed by atoms with E-state index < -0.39 is 21.9 Å². The highest BCUT2D eigenvalue weighted by atomic mass is 32.2. The molecule has 1 aromatic heterocycles. The molecule has 0 radical (unpaired) electrons. The zero-order valence-electron chi connectivity index (χ0n) is 17.6. The van der Waals surface area contributed by atoms with Gasteiger partial charge in [0.25, 0.3) is 5.91 Å². The van der Waals surface area contributed by atoms with Crippen LogP contribution in [0.2, 0.25) is 0 Å². The Labute approximate surface area is 190 Å². The maximum absolute atomic E-state index is 12.8. The molecule has 1 N–H and O–H groups in total. The van der Waals surface area contributed by atoms with E-state index in [0.717, 1.165) is 23.3 Å². The molecule has 7 nitrogen and oxygen atoms in total. The van der Waals surface area contributed by atoms with E-state index in [-0.39, 0.29) is 21.4 Å². The summed E-state index contributed by atoms with van der Waals surface area (Å²) in [6, 6.07) is 17.1. The lowest BCUT2D eigenvalue weighted by Crippen LogP contribution is -2.29. The van der Waals surface area contributed by atoms with Crippen molar-refractivity contribution in [2.24, 2.45) is 0 Å². The quantitative estimate of drug-likeness (QED) is 0.522. The number of amides is 1. The molecule has 166 valence electrons. The van der Waals surface area contributed by atoms with Gasteiger partial charge < -0.3 is 10.1 Å². The normalized spacial score (nSPS) is 13.7. The molecule has 0 spiro atoms. The average Bonchev–Trinajstić information content (AvgIpc) is 3.58. The Bertz CT molecular complexity index is 1250. The molecule has 0 bridgehead atoms. The molecule has 1 aliphatic rings. The van der Waals surface area contributed by atoms with E-state index in [4.69, 9.17) is 4.74 Å². The van der Waals surface area contributed by atoms with E-state index in [1.165, 1.54) is 47.0 Å². The third-order valence-corrected chi connectivity index (χ3v) is 8.35. The fourth-order valence-corrected chi connectivity index (χ4v) is 5.70. The van der Waals surface area contributed by atoms with Crippen molar-refractivity contribution in [3.05, 3.63) is 71.1 Å².